The number of halogens is 3. The first kappa shape index (κ1) is 28.2. The molecule has 3 aromatic heterocycles. The number of hydrogen-bond acceptors (Lipinski definition) is 11. The van der Waals surface area contributed by atoms with Crippen LogP contribution >= 0.6 is 11.3 Å². The van der Waals surface area contributed by atoms with E-state index < -0.39 is 30.2 Å². The van der Waals surface area contributed by atoms with Gasteiger partial charge in [-0.15, -0.1) is 24.5 Å². The average molecular weight is 601 g/mol. The quantitative estimate of drug-likeness (QED) is 0.215. The number of hydrogen-bond donors (Lipinski definition) is 4. The SMILES string of the molecule is Cc1nc(N[C@@H](c2ccc(OC(F)(F)F)cc2)C2CC2)nc(NC2C[C@H](CO)C(=O)[C@H]2O)c1-c1nc2cnccc2s1. The van der Waals surface area contributed by atoms with Crippen LogP contribution in [0.5, 0.6) is 5.75 Å². The van der Waals surface area contributed by atoms with Gasteiger partial charge in [0.1, 0.15) is 28.2 Å². The van der Waals surface area contributed by atoms with E-state index in [1.165, 1.54) is 23.5 Å². The number of alkyl halides is 3. The van der Waals surface area contributed by atoms with E-state index in [2.05, 4.69) is 20.4 Å². The zero-order valence-electron chi connectivity index (χ0n) is 22.3. The van der Waals surface area contributed by atoms with Crippen LogP contribution in [0.4, 0.5) is 24.9 Å². The topological polar surface area (TPSA) is 142 Å². The Labute approximate surface area is 242 Å². The molecule has 0 bridgehead atoms. The van der Waals surface area contributed by atoms with Crippen molar-refractivity contribution in [2.45, 2.75) is 50.7 Å². The summed E-state index contributed by atoms with van der Waals surface area (Å²) >= 11 is 1.43. The molecule has 0 amide bonds. The number of carbonyl (C=O) groups excluding carboxylic acids is 1. The van der Waals surface area contributed by atoms with Crippen LogP contribution in [0, 0.1) is 18.8 Å². The van der Waals surface area contributed by atoms with Crippen molar-refractivity contribution in [3.05, 3.63) is 54.0 Å². The number of aromatic nitrogens is 4. The predicted octanol–water partition coefficient (Wildman–Crippen LogP) is 4.64. The summed E-state index contributed by atoms with van der Waals surface area (Å²) in [5.41, 5.74) is 2.65. The van der Waals surface area contributed by atoms with E-state index in [1.807, 2.05) is 6.07 Å². The summed E-state index contributed by atoms with van der Waals surface area (Å²) in [5, 5.41) is 27.4. The van der Waals surface area contributed by atoms with E-state index in [0.717, 1.165) is 23.1 Å². The van der Waals surface area contributed by atoms with E-state index in [-0.39, 0.29) is 36.7 Å². The maximum absolute atomic E-state index is 12.6. The number of nitrogens with zero attached hydrogens (tertiary/aromatic N) is 4. The molecular formula is C28H27F3N6O4S. The van der Waals surface area contributed by atoms with E-state index in [1.54, 1.807) is 31.5 Å². The van der Waals surface area contributed by atoms with Gasteiger partial charge < -0.3 is 25.6 Å². The molecule has 6 rings (SSSR count). The van der Waals surface area contributed by atoms with Crippen LogP contribution in [0.15, 0.2) is 42.7 Å². The highest BCUT2D eigenvalue weighted by atomic mass is 32.1. The van der Waals surface area contributed by atoms with Crippen LogP contribution in [0.2, 0.25) is 0 Å². The standard InChI is InChI=1S/C28H27F3N6O4S/c1-13-21(26-35-19-11-32-9-8-20(19)42-26)25(34-18-10-16(12-38)23(39)24(18)40)37-27(33-13)36-22(14-2-3-14)15-4-6-17(7-5-15)41-28(29,30)31/h4-9,11,14,16,18,22,24,38,40H,2-3,10,12H2,1H3,(H2,33,34,36,37)/t16-,18?,22-,24+/m1/s1. The van der Waals surface area contributed by atoms with Gasteiger partial charge >= 0.3 is 6.36 Å². The third-order valence-electron chi connectivity index (χ3n) is 7.50. The summed E-state index contributed by atoms with van der Waals surface area (Å²) in [6, 6.07) is 6.62. The highest BCUT2D eigenvalue weighted by Crippen LogP contribution is 2.44. The van der Waals surface area contributed by atoms with Gasteiger partial charge in [-0.3, -0.25) is 9.78 Å². The van der Waals surface area contributed by atoms with Crippen molar-refractivity contribution in [1.29, 1.82) is 0 Å². The molecule has 1 aromatic carbocycles. The van der Waals surface area contributed by atoms with Gasteiger partial charge in [-0.2, -0.15) is 4.98 Å². The molecule has 0 radical (unpaired) electrons. The maximum Gasteiger partial charge on any atom is 0.573 e. The fourth-order valence-electron chi connectivity index (χ4n) is 5.27. The first-order valence-electron chi connectivity index (χ1n) is 13.4. The van der Waals surface area contributed by atoms with Gasteiger partial charge in [0, 0.05) is 12.1 Å². The van der Waals surface area contributed by atoms with Crippen LogP contribution in [0.25, 0.3) is 20.8 Å². The number of aliphatic hydroxyl groups is 2. The van der Waals surface area contributed by atoms with Gasteiger partial charge in [-0.1, -0.05) is 12.1 Å². The molecule has 0 saturated heterocycles. The third-order valence-corrected chi connectivity index (χ3v) is 8.55. The number of carbonyl (C=O) groups is 1. The van der Waals surface area contributed by atoms with E-state index >= 15 is 0 Å². The van der Waals surface area contributed by atoms with Crippen LogP contribution in [-0.4, -0.2) is 61.0 Å². The van der Waals surface area contributed by atoms with E-state index in [0.29, 0.717) is 27.6 Å². The van der Waals surface area contributed by atoms with Crippen LogP contribution in [0.3, 0.4) is 0 Å². The molecule has 4 N–H and O–H groups in total. The molecule has 4 aromatic rings. The molecule has 42 heavy (non-hydrogen) atoms. The van der Waals surface area contributed by atoms with Crippen molar-refractivity contribution in [1.82, 2.24) is 19.9 Å². The number of aliphatic hydroxyl groups excluding tert-OH is 2. The van der Waals surface area contributed by atoms with Gasteiger partial charge in [-0.25, -0.2) is 9.97 Å². The summed E-state index contributed by atoms with van der Waals surface area (Å²) in [4.78, 5) is 30.7. The molecule has 10 nitrogen and oxygen atoms in total. The van der Waals surface area contributed by atoms with Gasteiger partial charge in [0.15, 0.2) is 5.78 Å². The lowest BCUT2D eigenvalue weighted by Gasteiger charge is -2.23. The van der Waals surface area contributed by atoms with Crippen molar-refractivity contribution in [2.24, 2.45) is 11.8 Å². The number of anilines is 2. The Balaban J connectivity index is 1.35. The second-order valence-electron chi connectivity index (χ2n) is 10.5. The minimum Gasteiger partial charge on any atom is -0.406 e. The van der Waals surface area contributed by atoms with E-state index in [4.69, 9.17) is 15.0 Å². The second-order valence-corrected chi connectivity index (χ2v) is 11.5. The molecule has 1 unspecified atom stereocenters. The molecule has 14 heteroatoms. The Bertz CT molecular complexity index is 1580. The second kappa shape index (κ2) is 11.1. The van der Waals surface area contributed by atoms with Gasteiger partial charge in [0.25, 0.3) is 0 Å². The highest BCUT2D eigenvalue weighted by Gasteiger charge is 2.41. The number of ether oxygens (including phenoxy) is 1. The monoisotopic (exact) mass is 600 g/mol. The molecule has 2 fully saturated rings. The first-order valence-corrected chi connectivity index (χ1v) is 14.2. The largest absolute Gasteiger partial charge is 0.573 e. The zero-order valence-corrected chi connectivity index (χ0v) is 23.1. The smallest absolute Gasteiger partial charge is 0.406 e. The van der Waals surface area contributed by atoms with Crippen molar-refractivity contribution in [3.8, 4) is 16.3 Å². The molecule has 2 saturated carbocycles. The number of pyridine rings is 1. The zero-order chi connectivity index (χ0) is 29.6. The number of benzene rings is 1. The number of aryl methyl sites for hydroxylation is 1. The molecule has 220 valence electrons. The van der Waals surface area contributed by atoms with Crippen molar-refractivity contribution < 1.29 is 32.9 Å². The fraction of sp³-hybridized carbons (Fsp3) is 0.393. The highest BCUT2D eigenvalue weighted by molar-refractivity contribution is 7.21. The Morgan fingerprint density at radius 2 is 1.90 bits per heavy atom. The minimum atomic E-state index is -4.78. The molecule has 2 aliphatic carbocycles. The lowest BCUT2D eigenvalue weighted by atomic mass is 10.0. The molecule has 0 aliphatic heterocycles. The summed E-state index contributed by atoms with van der Waals surface area (Å²) in [6.45, 7) is 1.44. The van der Waals surface area contributed by atoms with Gasteiger partial charge in [0.05, 0.1) is 40.8 Å². The van der Waals surface area contributed by atoms with Crippen molar-refractivity contribution >= 4 is 39.1 Å². The molecular weight excluding hydrogens is 573 g/mol. The Morgan fingerprint density at radius 3 is 2.55 bits per heavy atom. The molecule has 2 aliphatic rings. The minimum absolute atomic E-state index is 0.225. The van der Waals surface area contributed by atoms with Crippen molar-refractivity contribution in [3.63, 3.8) is 0 Å². The summed E-state index contributed by atoms with van der Waals surface area (Å²) < 4.78 is 42.8. The van der Waals surface area contributed by atoms with Crippen LogP contribution in [-0.2, 0) is 4.79 Å². The number of Topliss-reactive ketones (excluding diaryl/α,β-unsaturated/α-hetero) is 1. The van der Waals surface area contributed by atoms with Crippen LogP contribution < -0.4 is 15.4 Å². The predicted molar refractivity (Wildman–Crippen MR) is 149 cm³/mol. The number of rotatable bonds is 9. The average Bonchev–Trinajstić information content (AvgIpc) is 3.64. The van der Waals surface area contributed by atoms with Crippen molar-refractivity contribution in [2.75, 3.05) is 17.2 Å². The normalized spacial score (nSPS) is 21.5. The molecule has 0 spiro atoms. The summed E-state index contributed by atoms with van der Waals surface area (Å²) in [7, 11) is 0. The lowest BCUT2D eigenvalue weighted by Crippen LogP contribution is -2.33. The van der Waals surface area contributed by atoms with E-state index in [9.17, 15) is 28.2 Å². The van der Waals surface area contributed by atoms with Gasteiger partial charge in [-0.05, 0) is 55.9 Å². The lowest BCUT2D eigenvalue weighted by molar-refractivity contribution is -0.274. The number of nitrogens with one attached hydrogen (secondary N) is 2. The maximum atomic E-state index is 12.6. The third kappa shape index (κ3) is 5.87. The van der Waals surface area contributed by atoms with Gasteiger partial charge in [0.2, 0.25) is 5.95 Å². The Morgan fingerprint density at radius 1 is 1.14 bits per heavy atom. The number of thiazole rings is 1. The Hall–Kier alpha value is -3.88. The first-order chi connectivity index (χ1) is 20.1. The summed E-state index contributed by atoms with van der Waals surface area (Å²) in [6.07, 6.45) is -0.680. The number of fused-ring (bicyclic) bond motifs is 1. The fourth-order valence-corrected chi connectivity index (χ4v) is 6.30. The summed E-state index contributed by atoms with van der Waals surface area (Å²) in [5.74, 6) is -0.559. The van der Waals surface area contributed by atoms with Crippen LogP contribution in [0.1, 0.15) is 36.6 Å². The number of ketones is 1. The molecule has 3 heterocycles. The molecule has 4 atom stereocenters. The Kier molecular flexibility index (Phi) is 7.45.